The quantitative estimate of drug-likeness (QED) is 0.893. The Kier molecular flexibility index (Phi) is 3.83. The van der Waals surface area contributed by atoms with Gasteiger partial charge in [-0.05, 0) is 52.2 Å². The number of furan rings is 1. The van der Waals surface area contributed by atoms with Crippen molar-refractivity contribution in [3.8, 4) is 0 Å². The summed E-state index contributed by atoms with van der Waals surface area (Å²) in [6, 6.07) is 2.06. The Bertz CT molecular complexity index is 366. The second-order valence-electron chi connectivity index (χ2n) is 6.54. The van der Waals surface area contributed by atoms with Gasteiger partial charge >= 0.3 is 0 Å². The molecule has 2 unspecified atom stereocenters. The molecule has 2 atom stereocenters. The molecule has 3 heteroatoms. The molecule has 0 aliphatic carbocycles. The minimum atomic E-state index is 0.145. The maximum Gasteiger partial charge on any atom is 0.0934 e. The van der Waals surface area contributed by atoms with Crippen molar-refractivity contribution < 1.29 is 9.15 Å². The predicted octanol–water partition coefficient (Wildman–Crippen LogP) is 3.01. The Morgan fingerprint density at radius 1 is 1.44 bits per heavy atom. The molecule has 1 saturated heterocycles. The van der Waals surface area contributed by atoms with E-state index in [2.05, 4.69) is 39.1 Å². The number of hydrogen-bond acceptors (Lipinski definition) is 3. The molecule has 1 fully saturated rings. The van der Waals surface area contributed by atoms with Gasteiger partial charge in [-0.15, -0.1) is 0 Å². The molecule has 1 aromatic rings. The van der Waals surface area contributed by atoms with Gasteiger partial charge in [0.25, 0.3) is 0 Å². The number of nitrogens with one attached hydrogen (secondary N) is 1. The summed E-state index contributed by atoms with van der Waals surface area (Å²) in [5.74, 6) is 0. The first kappa shape index (κ1) is 13.6. The molecule has 0 aromatic carbocycles. The summed E-state index contributed by atoms with van der Waals surface area (Å²) >= 11 is 0. The van der Waals surface area contributed by atoms with Crippen LogP contribution in [0.1, 0.15) is 39.7 Å². The zero-order valence-electron chi connectivity index (χ0n) is 12.0. The fourth-order valence-corrected chi connectivity index (χ4v) is 2.59. The topological polar surface area (TPSA) is 34.4 Å². The first-order valence-electron chi connectivity index (χ1n) is 6.79. The van der Waals surface area contributed by atoms with E-state index in [4.69, 9.17) is 9.15 Å². The maximum atomic E-state index is 5.81. The summed E-state index contributed by atoms with van der Waals surface area (Å²) in [6.45, 7) is 10.7. The highest BCUT2D eigenvalue weighted by molar-refractivity contribution is 5.11. The Morgan fingerprint density at radius 3 is 2.72 bits per heavy atom. The van der Waals surface area contributed by atoms with Crippen LogP contribution in [0.25, 0.3) is 0 Å². The van der Waals surface area contributed by atoms with Gasteiger partial charge in [-0.25, -0.2) is 0 Å². The Morgan fingerprint density at radius 2 is 2.22 bits per heavy atom. The molecule has 1 aliphatic rings. The Hall–Kier alpha value is -0.800. The SMILES string of the molecule is CC1OCCC1(CNC(C)(C)C)Cc1ccoc1. The van der Waals surface area contributed by atoms with Crippen LogP contribution in [0, 0.1) is 5.41 Å². The molecule has 1 aliphatic heterocycles. The van der Waals surface area contributed by atoms with E-state index in [-0.39, 0.29) is 11.0 Å². The summed E-state index contributed by atoms with van der Waals surface area (Å²) in [6.07, 6.45) is 6.03. The van der Waals surface area contributed by atoms with Gasteiger partial charge in [-0.1, -0.05) is 0 Å². The molecule has 1 aromatic heterocycles. The van der Waals surface area contributed by atoms with E-state index in [0.29, 0.717) is 6.10 Å². The van der Waals surface area contributed by atoms with E-state index >= 15 is 0 Å². The van der Waals surface area contributed by atoms with Crippen LogP contribution in [0.3, 0.4) is 0 Å². The zero-order valence-corrected chi connectivity index (χ0v) is 12.0. The highest BCUT2D eigenvalue weighted by atomic mass is 16.5. The largest absolute Gasteiger partial charge is 0.472 e. The fraction of sp³-hybridized carbons (Fsp3) is 0.733. The monoisotopic (exact) mass is 251 g/mol. The molecule has 0 spiro atoms. The minimum Gasteiger partial charge on any atom is -0.472 e. The third-order valence-electron chi connectivity index (χ3n) is 3.94. The summed E-state index contributed by atoms with van der Waals surface area (Å²) in [7, 11) is 0. The van der Waals surface area contributed by atoms with Crippen LogP contribution in [-0.2, 0) is 11.2 Å². The minimum absolute atomic E-state index is 0.145. The van der Waals surface area contributed by atoms with E-state index in [9.17, 15) is 0 Å². The van der Waals surface area contributed by atoms with E-state index < -0.39 is 0 Å². The second-order valence-corrected chi connectivity index (χ2v) is 6.54. The van der Waals surface area contributed by atoms with Crippen molar-refractivity contribution in [2.75, 3.05) is 13.2 Å². The van der Waals surface area contributed by atoms with Crippen molar-refractivity contribution in [1.29, 1.82) is 0 Å². The van der Waals surface area contributed by atoms with Crippen LogP contribution >= 0.6 is 0 Å². The third-order valence-corrected chi connectivity index (χ3v) is 3.94. The van der Waals surface area contributed by atoms with Crippen molar-refractivity contribution in [1.82, 2.24) is 5.32 Å². The van der Waals surface area contributed by atoms with Crippen molar-refractivity contribution in [3.63, 3.8) is 0 Å². The molecular formula is C15H25NO2. The average molecular weight is 251 g/mol. The van der Waals surface area contributed by atoms with E-state index in [1.807, 2.05) is 6.26 Å². The van der Waals surface area contributed by atoms with Gasteiger partial charge in [0.15, 0.2) is 0 Å². The number of rotatable bonds is 4. The highest BCUT2D eigenvalue weighted by Crippen LogP contribution is 2.38. The fourth-order valence-electron chi connectivity index (χ4n) is 2.59. The Labute approximate surface area is 110 Å². The van der Waals surface area contributed by atoms with Gasteiger partial charge in [0.2, 0.25) is 0 Å². The average Bonchev–Trinajstić information content (AvgIpc) is 2.87. The van der Waals surface area contributed by atoms with Crippen LogP contribution in [-0.4, -0.2) is 24.8 Å². The molecule has 0 saturated carbocycles. The van der Waals surface area contributed by atoms with E-state index in [1.165, 1.54) is 5.56 Å². The van der Waals surface area contributed by atoms with Gasteiger partial charge in [-0.2, -0.15) is 0 Å². The summed E-state index contributed by atoms with van der Waals surface area (Å²) in [5.41, 5.74) is 1.60. The molecule has 102 valence electrons. The first-order valence-corrected chi connectivity index (χ1v) is 6.79. The van der Waals surface area contributed by atoms with Crippen LogP contribution in [0.2, 0.25) is 0 Å². The van der Waals surface area contributed by atoms with Crippen molar-refractivity contribution in [2.24, 2.45) is 5.41 Å². The zero-order chi connectivity index (χ0) is 13.2. The lowest BCUT2D eigenvalue weighted by atomic mass is 9.76. The smallest absolute Gasteiger partial charge is 0.0934 e. The molecular weight excluding hydrogens is 226 g/mol. The molecule has 0 radical (unpaired) electrons. The number of hydrogen-bond donors (Lipinski definition) is 1. The van der Waals surface area contributed by atoms with Crippen LogP contribution in [0.4, 0.5) is 0 Å². The van der Waals surface area contributed by atoms with Gasteiger partial charge in [0, 0.05) is 24.1 Å². The summed E-state index contributed by atoms with van der Waals surface area (Å²) < 4.78 is 11.0. The van der Waals surface area contributed by atoms with Crippen LogP contribution < -0.4 is 5.32 Å². The maximum absolute atomic E-state index is 5.81. The Balaban J connectivity index is 2.08. The van der Waals surface area contributed by atoms with Crippen molar-refractivity contribution in [3.05, 3.63) is 24.2 Å². The lowest BCUT2D eigenvalue weighted by Gasteiger charge is -2.35. The molecule has 2 heterocycles. The van der Waals surface area contributed by atoms with Gasteiger partial charge in [-0.3, -0.25) is 0 Å². The first-order chi connectivity index (χ1) is 8.41. The lowest BCUT2D eigenvalue weighted by molar-refractivity contribution is 0.0597. The van der Waals surface area contributed by atoms with E-state index in [1.54, 1.807) is 6.26 Å². The van der Waals surface area contributed by atoms with E-state index in [0.717, 1.165) is 26.0 Å². The van der Waals surface area contributed by atoms with Gasteiger partial charge in [0.1, 0.15) is 0 Å². The molecule has 3 nitrogen and oxygen atoms in total. The van der Waals surface area contributed by atoms with Crippen molar-refractivity contribution >= 4 is 0 Å². The van der Waals surface area contributed by atoms with Crippen LogP contribution in [0.15, 0.2) is 23.0 Å². The van der Waals surface area contributed by atoms with Gasteiger partial charge in [0.05, 0.1) is 18.6 Å². The summed E-state index contributed by atoms with van der Waals surface area (Å²) in [5, 5.41) is 3.64. The predicted molar refractivity (Wildman–Crippen MR) is 72.6 cm³/mol. The standard InChI is InChI=1S/C15H25NO2/c1-12-15(6-8-18-12,11-16-14(2,3)4)9-13-5-7-17-10-13/h5,7,10,12,16H,6,8-9,11H2,1-4H3. The normalized spacial score (nSPS) is 28.8. The van der Waals surface area contributed by atoms with Gasteiger partial charge < -0.3 is 14.5 Å². The summed E-state index contributed by atoms with van der Waals surface area (Å²) in [4.78, 5) is 0. The molecule has 1 N–H and O–H groups in total. The van der Waals surface area contributed by atoms with Crippen molar-refractivity contribution in [2.45, 2.75) is 52.2 Å². The highest BCUT2D eigenvalue weighted by Gasteiger charge is 2.42. The number of ether oxygens (including phenoxy) is 1. The molecule has 0 bridgehead atoms. The lowest BCUT2D eigenvalue weighted by Crippen LogP contribution is -2.47. The molecule has 2 rings (SSSR count). The van der Waals surface area contributed by atoms with Crippen LogP contribution in [0.5, 0.6) is 0 Å². The third kappa shape index (κ3) is 3.15. The second kappa shape index (κ2) is 5.06. The molecule has 18 heavy (non-hydrogen) atoms. The molecule has 0 amide bonds.